The number of fused-ring (bicyclic) bond motifs is 1. The van der Waals surface area contributed by atoms with Gasteiger partial charge in [0.25, 0.3) is 0 Å². The van der Waals surface area contributed by atoms with Gasteiger partial charge in [-0.15, -0.1) is 5.10 Å². The Hall–Kier alpha value is -2.11. The zero-order valence-electron chi connectivity index (χ0n) is 8.04. The molecule has 78 valence electrons. The fourth-order valence-corrected chi connectivity index (χ4v) is 1.44. The van der Waals surface area contributed by atoms with Crippen molar-refractivity contribution < 1.29 is 9.90 Å². The highest BCUT2D eigenvalue weighted by Crippen LogP contribution is 2.00. The molecule has 0 radical (unpaired) electrons. The van der Waals surface area contributed by atoms with Crippen LogP contribution in [0.15, 0.2) is 23.0 Å². The van der Waals surface area contributed by atoms with Crippen LogP contribution in [0.4, 0.5) is 0 Å². The summed E-state index contributed by atoms with van der Waals surface area (Å²) in [7, 11) is 0. The Morgan fingerprint density at radius 2 is 2.27 bits per heavy atom. The number of hydrogen-bond donors (Lipinski definition) is 1. The van der Waals surface area contributed by atoms with E-state index >= 15 is 0 Å². The van der Waals surface area contributed by atoms with E-state index in [4.69, 9.17) is 5.11 Å². The molecule has 2 aromatic rings. The van der Waals surface area contributed by atoms with Crippen LogP contribution >= 0.6 is 0 Å². The van der Waals surface area contributed by atoms with E-state index in [0.29, 0.717) is 5.65 Å². The summed E-state index contributed by atoms with van der Waals surface area (Å²) in [5.74, 6) is -1.09. The number of carboxylic acids is 1. The van der Waals surface area contributed by atoms with Gasteiger partial charge in [0.2, 0.25) is 0 Å². The molecule has 0 aliphatic heterocycles. The number of aryl methyl sites for hydroxylation is 1. The molecule has 6 nitrogen and oxygen atoms in total. The lowest BCUT2D eigenvalue weighted by atomic mass is 10.4. The Kier molecular flexibility index (Phi) is 2.03. The van der Waals surface area contributed by atoms with Crippen LogP contribution in [0.3, 0.4) is 0 Å². The van der Waals surface area contributed by atoms with Crippen LogP contribution < -0.4 is 5.69 Å². The largest absolute Gasteiger partial charge is 0.480 e. The maximum Gasteiger partial charge on any atom is 0.351 e. The number of nitrogens with zero attached hydrogens (tertiary/aromatic N) is 3. The summed E-state index contributed by atoms with van der Waals surface area (Å²) >= 11 is 0. The van der Waals surface area contributed by atoms with E-state index in [0.717, 1.165) is 10.4 Å². The minimum Gasteiger partial charge on any atom is -0.480 e. The minimum absolute atomic E-state index is 0.417. The molecule has 2 heterocycles. The topological polar surface area (TPSA) is 76.6 Å². The van der Waals surface area contributed by atoms with Gasteiger partial charge in [0, 0.05) is 5.69 Å². The molecule has 0 spiro atoms. The van der Waals surface area contributed by atoms with Crippen molar-refractivity contribution in [3.63, 3.8) is 0 Å². The van der Waals surface area contributed by atoms with Gasteiger partial charge in [-0.25, -0.2) is 13.9 Å². The van der Waals surface area contributed by atoms with Gasteiger partial charge in [0.05, 0.1) is 0 Å². The molecule has 0 atom stereocenters. The summed E-state index contributed by atoms with van der Waals surface area (Å²) in [4.78, 5) is 22.2. The van der Waals surface area contributed by atoms with Gasteiger partial charge in [-0.2, -0.15) is 0 Å². The molecule has 0 aromatic carbocycles. The van der Waals surface area contributed by atoms with E-state index in [1.54, 1.807) is 25.1 Å². The lowest BCUT2D eigenvalue weighted by molar-refractivity contribution is -0.137. The number of hydrogen-bond acceptors (Lipinski definition) is 3. The van der Waals surface area contributed by atoms with Crippen molar-refractivity contribution in [3.8, 4) is 0 Å². The van der Waals surface area contributed by atoms with Gasteiger partial charge in [-0.1, -0.05) is 6.07 Å². The molecular weight excluding hydrogens is 198 g/mol. The maximum atomic E-state index is 11.7. The zero-order valence-corrected chi connectivity index (χ0v) is 8.04. The SMILES string of the molecule is Cc1cccc2nn(CC(=O)O)c(=O)n12. The number of pyridine rings is 1. The van der Waals surface area contributed by atoms with Crippen molar-refractivity contribution >= 4 is 11.6 Å². The first-order valence-corrected chi connectivity index (χ1v) is 4.36. The predicted molar refractivity (Wildman–Crippen MR) is 51.8 cm³/mol. The first kappa shape index (κ1) is 9.45. The molecule has 1 N–H and O–H groups in total. The molecule has 0 saturated heterocycles. The highest BCUT2D eigenvalue weighted by Gasteiger charge is 2.10. The minimum atomic E-state index is -1.09. The average molecular weight is 207 g/mol. The van der Waals surface area contributed by atoms with Crippen LogP contribution in [-0.4, -0.2) is 25.3 Å². The summed E-state index contributed by atoms with van der Waals surface area (Å²) < 4.78 is 2.31. The molecule has 0 aliphatic carbocycles. The standard InChI is InChI=1S/C9H9N3O3/c1-6-3-2-4-7-10-11(5-8(13)14)9(15)12(6)7/h2-4H,5H2,1H3,(H,13,14). The summed E-state index contributed by atoms with van der Waals surface area (Å²) in [5, 5.41) is 12.5. The second kappa shape index (κ2) is 3.23. The van der Waals surface area contributed by atoms with Crippen LogP contribution in [0, 0.1) is 6.92 Å². The molecule has 2 aromatic heterocycles. The van der Waals surface area contributed by atoms with Gasteiger partial charge in [0.15, 0.2) is 5.65 Å². The number of aliphatic carboxylic acids is 1. The monoisotopic (exact) mass is 207 g/mol. The number of carboxylic acid groups (broad SMARTS) is 1. The van der Waals surface area contributed by atoms with Crippen LogP contribution in [0.5, 0.6) is 0 Å². The summed E-state index contributed by atoms with van der Waals surface area (Å²) in [6.45, 7) is 1.35. The second-order valence-electron chi connectivity index (χ2n) is 3.19. The third-order valence-electron chi connectivity index (χ3n) is 2.08. The van der Waals surface area contributed by atoms with E-state index in [9.17, 15) is 9.59 Å². The molecule has 0 fully saturated rings. The molecular formula is C9H9N3O3. The third kappa shape index (κ3) is 1.50. The quantitative estimate of drug-likeness (QED) is 0.745. The zero-order chi connectivity index (χ0) is 11.0. The molecule has 15 heavy (non-hydrogen) atoms. The van der Waals surface area contributed by atoms with Gasteiger partial charge in [-0.05, 0) is 19.1 Å². The van der Waals surface area contributed by atoms with Crippen LogP contribution in [0.1, 0.15) is 5.69 Å². The lowest BCUT2D eigenvalue weighted by Gasteiger charge is -1.94. The third-order valence-corrected chi connectivity index (χ3v) is 2.08. The fourth-order valence-electron chi connectivity index (χ4n) is 1.44. The first-order chi connectivity index (χ1) is 7.09. The molecule has 6 heteroatoms. The summed E-state index contributed by atoms with van der Waals surface area (Å²) in [6.07, 6.45) is 0. The number of aromatic nitrogens is 3. The van der Waals surface area contributed by atoms with E-state index in [2.05, 4.69) is 5.10 Å². The summed E-state index contributed by atoms with van der Waals surface area (Å²) in [5.41, 5.74) is 0.765. The second-order valence-corrected chi connectivity index (χ2v) is 3.19. The Labute approximate surface area is 84.4 Å². The van der Waals surface area contributed by atoms with E-state index < -0.39 is 18.2 Å². The van der Waals surface area contributed by atoms with Crippen molar-refractivity contribution in [1.82, 2.24) is 14.2 Å². The van der Waals surface area contributed by atoms with Crippen molar-refractivity contribution in [1.29, 1.82) is 0 Å². The Morgan fingerprint density at radius 1 is 1.53 bits per heavy atom. The normalized spacial score (nSPS) is 10.7. The Bertz CT molecular complexity index is 582. The van der Waals surface area contributed by atoms with Gasteiger partial charge in [0.1, 0.15) is 6.54 Å². The van der Waals surface area contributed by atoms with Crippen LogP contribution in [0.25, 0.3) is 5.65 Å². The number of carbonyl (C=O) groups is 1. The fraction of sp³-hybridized carbons (Fsp3) is 0.222. The van der Waals surface area contributed by atoms with Gasteiger partial charge < -0.3 is 5.11 Å². The van der Waals surface area contributed by atoms with E-state index in [1.807, 2.05) is 0 Å². The lowest BCUT2D eigenvalue weighted by Crippen LogP contribution is -2.25. The molecule has 2 rings (SSSR count). The predicted octanol–water partition coefficient (Wildman–Crippen LogP) is -0.111. The smallest absolute Gasteiger partial charge is 0.351 e. The molecule has 0 bridgehead atoms. The van der Waals surface area contributed by atoms with Crippen molar-refractivity contribution in [2.75, 3.05) is 0 Å². The van der Waals surface area contributed by atoms with Crippen LogP contribution in [-0.2, 0) is 11.3 Å². The molecule has 0 amide bonds. The maximum absolute atomic E-state index is 11.7. The molecule has 0 unspecified atom stereocenters. The molecule has 0 saturated carbocycles. The highest BCUT2D eigenvalue weighted by atomic mass is 16.4. The van der Waals surface area contributed by atoms with Crippen molar-refractivity contribution in [3.05, 3.63) is 34.4 Å². The highest BCUT2D eigenvalue weighted by molar-refractivity contribution is 5.66. The van der Waals surface area contributed by atoms with Crippen molar-refractivity contribution in [2.24, 2.45) is 0 Å². The van der Waals surface area contributed by atoms with E-state index in [-0.39, 0.29) is 0 Å². The first-order valence-electron chi connectivity index (χ1n) is 4.36. The van der Waals surface area contributed by atoms with Gasteiger partial charge in [-0.3, -0.25) is 4.79 Å². The van der Waals surface area contributed by atoms with Gasteiger partial charge >= 0.3 is 11.7 Å². The summed E-state index contributed by atoms with van der Waals surface area (Å²) in [6, 6.07) is 5.19. The Balaban J connectivity index is 2.70. The Morgan fingerprint density at radius 3 is 2.87 bits per heavy atom. The molecule has 0 aliphatic rings. The average Bonchev–Trinajstić information content (AvgIpc) is 2.44. The van der Waals surface area contributed by atoms with E-state index in [1.165, 1.54) is 4.40 Å². The number of rotatable bonds is 2. The van der Waals surface area contributed by atoms with Crippen molar-refractivity contribution in [2.45, 2.75) is 13.5 Å². The van der Waals surface area contributed by atoms with Crippen LogP contribution in [0.2, 0.25) is 0 Å².